The number of ether oxygens (including phenoxy) is 1. The number of nitrogens with zero attached hydrogens (tertiary/aromatic N) is 2. The second-order valence-electron chi connectivity index (χ2n) is 3.83. The Kier molecular flexibility index (Phi) is 3.98. The summed E-state index contributed by atoms with van der Waals surface area (Å²) in [6.45, 7) is 0.859. The quantitative estimate of drug-likeness (QED) is 0.762. The van der Waals surface area contributed by atoms with Crippen molar-refractivity contribution in [1.82, 2.24) is 4.90 Å². The average molecular weight is 250 g/mol. The molecule has 0 spiro atoms. The van der Waals surface area contributed by atoms with Crippen molar-refractivity contribution in [3.8, 4) is 6.07 Å². The number of carbonyl (C=O) groups excluding carboxylic acids is 1. The number of nitriles is 1. The van der Waals surface area contributed by atoms with Gasteiger partial charge in [0.15, 0.2) is 5.60 Å². The summed E-state index contributed by atoms with van der Waals surface area (Å²) in [4.78, 5) is 12.4. The molecule has 0 aromatic carbocycles. The molecule has 0 aromatic rings. The lowest BCUT2D eigenvalue weighted by atomic mass is 10.0. The second-order valence-corrected chi connectivity index (χ2v) is 3.83. The SMILES string of the molecule is CCOC1(C(F)(F)F)CCN(C(=O)CC#N)C1. The van der Waals surface area contributed by atoms with E-state index in [1.54, 1.807) is 6.07 Å². The summed E-state index contributed by atoms with van der Waals surface area (Å²) in [5, 5.41) is 8.34. The van der Waals surface area contributed by atoms with Crippen LogP contribution in [0, 0.1) is 11.3 Å². The first-order valence-electron chi connectivity index (χ1n) is 5.21. The fourth-order valence-corrected chi connectivity index (χ4v) is 1.88. The highest BCUT2D eigenvalue weighted by Gasteiger charge is 2.59. The second kappa shape index (κ2) is 4.92. The van der Waals surface area contributed by atoms with Crippen molar-refractivity contribution in [3.63, 3.8) is 0 Å². The fourth-order valence-electron chi connectivity index (χ4n) is 1.88. The van der Waals surface area contributed by atoms with Gasteiger partial charge in [-0.15, -0.1) is 0 Å². The van der Waals surface area contributed by atoms with Crippen LogP contribution >= 0.6 is 0 Å². The normalized spacial score (nSPS) is 24.8. The van der Waals surface area contributed by atoms with Gasteiger partial charge in [-0.1, -0.05) is 0 Å². The van der Waals surface area contributed by atoms with E-state index in [4.69, 9.17) is 10.00 Å². The smallest absolute Gasteiger partial charge is 0.364 e. The molecule has 0 radical (unpaired) electrons. The van der Waals surface area contributed by atoms with Gasteiger partial charge >= 0.3 is 6.18 Å². The zero-order valence-electron chi connectivity index (χ0n) is 9.38. The Labute approximate surface area is 96.9 Å². The minimum Gasteiger partial charge on any atom is -0.364 e. The van der Waals surface area contributed by atoms with Crippen LogP contribution in [0.15, 0.2) is 0 Å². The van der Waals surface area contributed by atoms with Crippen molar-refractivity contribution in [1.29, 1.82) is 5.26 Å². The van der Waals surface area contributed by atoms with Gasteiger partial charge in [-0.2, -0.15) is 18.4 Å². The number of halogens is 3. The van der Waals surface area contributed by atoms with Crippen LogP contribution in [0.5, 0.6) is 0 Å². The van der Waals surface area contributed by atoms with Gasteiger partial charge in [0.05, 0.1) is 12.6 Å². The van der Waals surface area contributed by atoms with Crippen LogP contribution in [-0.2, 0) is 9.53 Å². The van der Waals surface area contributed by atoms with Crippen LogP contribution in [0.1, 0.15) is 19.8 Å². The summed E-state index contributed by atoms with van der Waals surface area (Å²) in [7, 11) is 0. The summed E-state index contributed by atoms with van der Waals surface area (Å²) in [5.41, 5.74) is -2.27. The molecule has 1 fully saturated rings. The van der Waals surface area contributed by atoms with E-state index >= 15 is 0 Å². The van der Waals surface area contributed by atoms with E-state index < -0.39 is 30.7 Å². The highest BCUT2D eigenvalue weighted by atomic mass is 19.4. The van der Waals surface area contributed by atoms with Crippen LogP contribution in [0.3, 0.4) is 0 Å². The van der Waals surface area contributed by atoms with E-state index in [0.717, 1.165) is 4.90 Å². The molecule has 4 nitrogen and oxygen atoms in total. The first-order valence-corrected chi connectivity index (χ1v) is 5.21. The summed E-state index contributed by atoms with van der Waals surface area (Å²) in [6, 6.07) is 1.63. The lowest BCUT2D eigenvalue weighted by Crippen LogP contribution is -2.50. The van der Waals surface area contributed by atoms with E-state index in [1.165, 1.54) is 6.92 Å². The largest absolute Gasteiger partial charge is 0.419 e. The van der Waals surface area contributed by atoms with E-state index in [2.05, 4.69) is 0 Å². The van der Waals surface area contributed by atoms with Gasteiger partial charge in [0.1, 0.15) is 6.42 Å². The Hall–Kier alpha value is -1.29. The predicted molar refractivity (Wildman–Crippen MR) is 51.8 cm³/mol. The van der Waals surface area contributed by atoms with Gasteiger partial charge < -0.3 is 9.64 Å². The van der Waals surface area contributed by atoms with Crippen molar-refractivity contribution in [2.45, 2.75) is 31.5 Å². The predicted octanol–water partition coefficient (Wildman–Crippen LogP) is 1.47. The molecule has 1 saturated heterocycles. The van der Waals surface area contributed by atoms with Gasteiger partial charge in [0.2, 0.25) is 5.91 Å². The molecular weight excluding hydrogens is 237 g/mol. The van der Waals surface area contributed by atoms with Crippen LogP contribution < -0.4 is 0 Å². The maximum absolute atomic E-state index is 12.9. The van der Waals surface area contributed by atoms with E-state index in [9.17, 15) is 18.0 Å². The topological polar surface area (TPSA) is 53.3 Å². The molecule has 0 aliphatic carbocycles. The third kappa shape index (κ3) is 2.69. The lowest BCUT2D eigenvalue weighted by Gasteiger charge is -2.31. The Morgan fingerprint density at radius 3 is 2.71 bits per heavy atom. The van der Waals surface area contributed by atoms with Crippen molar-refractivity contribution in [3.05, 3.63) is 0 Å². The summed E-state index contributed by atoms with van der Waals surface area (Å²) < 4.78 is 43.5. The molecule has 96 valence electrons. The average Bonchev–Trinajstić information content (AvgIpc) is 2.63. The molecule has 1 atom stereocenters. The molecule has 17 heavy (non-hydrogen) atoms. The van der Waals surface area contributed by atoms with Crippen molar-refractivity contribution < 1.29 is 22.7 Å². The summed E-state index contributed by atoms with van der Waals surface area (Å²) >= 11 is 0. The lowest BCUT2D eigenvalue weighted by molar-refractivity contribution is -0.270. The minimum atomic E-state index is -4.51. The molecule has 1 rings (SSSR count). The van der Waals surface area contributed by atoms with Gasteiger partial charge in [-0.05, 0) is 6.92 Å². The zero-order valence-corrected chi connectivity index (χ0v) is 9.38. The van der Waals surface area contributed by atoms with E-state index in [1.807, 2.05) is 0 Å². The molecule has 1 amide bonds. The van der Waals surface area contributed by atoms with Crippen molar-refractivity contribution in [2.75, 3.05) is 19.7 Å². The molecule has 1 heterocycles. The maximum Gasteiger partial charge on any atom is 0.419 e. The number of rotatable bonds is 3. The molecule has 0 saturated carbocycles. The number of likely N-dealkylation sites (tertiary alicyclic amines) is 1. The summed E-state index contributed by atoms with van der Waals surface area (Å²) in [5.74, 6) is -0.585. The zero-order chi connectivity index (χ0) is 13.1. The molecule has 0 aromatic heterocycles. The molecule has 1 aliphatic heterocycles. The number of hydrogen-bond acceptors (Lipinski definition) is 3. The van der Waals surface area contributed by atoms with Crippen molar-refractivity contribution in [2.24, 2.45) is 0 Å². The number of amides is 1. The van der Waals surface area contributed by atoms with Gasteiger partial charge in [0, 0.05) is 19.6 Å². The van der Waals surface area contributed by atoms with Gasteiger partial charge in [-0.25, -0.2) is 0 Å². The van der Waals surface area contributed by atoms with Gasteiger partial charge in [0.25, 0.3) is 0 Å². The highest BCUT2D eigenvalue weighted by molar-refractivity contribution is 5.78. The van der Waals surface area contributed by atoms with Crippen LogP contribution in [-0.4, -0.2) is 42.3 Å². The van der Waals surface area contributed by atoms with Gasteiger partial charge in [-0.3, -0.25) is 4.79 Å². The van der Waals surface area contributed by atoms with E-state index in [0.29, 0.717) is 0 Å². The Morgan fingerprint density at radius 2 is 2.24 bits per heavy atom. The van der Waals surface area contributed by atoms with Crippen molar-refractivity contribution >= 4 is 5.91 Å². The molecule has 7 heteroatoms. The fraction of sp³-hybridized carbons (Fsp3) is 0.800. The molecule has 0 bridgehead atoms. The Balaban J connectivity index is 2.80. The first-order chi connectivity index (χ1) is 7.86. The van der Waals surface area contributed by atoms with E-state index in [-0.39, 0.29) is 19.6 Å². The molecule has 0 N–H and O–H groups in total. The highest BCUT2D eigenvalue weighted by Crippen LogP contribution is 2.40. The third-order valence-corrected chi connectivity index (χ3v) is 2.75. The molecule has 1 aliphatic rings. The Bertz CT molecular complexity index is 337. The van der Waals surface area contributed by atoms with Crippen LogP contribution in [0.25, 0.3) is 0 Å². The minimum absolute atomic E-state index is 0.0278. The number of carbonyl (C=O) groups is 1. The maximum atomic E-state index is 12.9. The van der Waals surface area contributed by atoms with Crippen LogP contribution in [0.2, 0.25) is 0 Å². The standard InChI is InChI=1S/C10H13F3N2O2/c1-2-17-9(10(11,12)13)4-6-15(7-9)8(16)3-5-14/h2-4,6-7H2,1H3. The summed E-state index contributed by atoms with van der Waals surface area (Å²) in [6.07, 6.45) is -5.19. The van der Waals surface area contributed by atoms with Crippen LogP contribution in [0.4, 0.5) is 13.2 Å². The molecular formula is C10H13F3N2O2. The molecule has 1 unspecified atom stereocenters. The Morgan fingerprint density at radius 1 is 1.59 bits per heavy atom. The number of alkyl halides is 3. The number of hydrogen-bond donors (Lipinski definition) is 0. The monoisotopic (exact) mass is 250 g/mol. The third-order valence-electron chi connectivity index (χ3n) is 2.75. The first kappa shape index (κ1) is 13.8.